The maximum atomic E-state index is 9.28. The monoisotopic (exact) mass is 214 g/mol. The van der Waals surface area contributed by atoms with Crippen LogP contribution >= 0.6 is 0 Å². The molecule has 16 heavy (non-hydrogen) atoms. The molecule has 82 valence electrons. The van der Waals surface area contributed by atoms with Crippen molar-refractivity contribution in [3.05, 3.63) is 59.7 Å². The normalized spacial score (nSPS) is 10.1. The molecule has 2 rings (SSSR count). The van der Waals surface area contributed by atoms with E-state index in [1.807, 2.05) is 24.3 Å². The summed E-state index contributed by atoms with van der Waals surface area (Å²) in [6.07, 6.45) is 0. The van der Waals surface area contributed by atoms with Crippen LogP contribution in [-0.4, -0.2) is 5.11 Å². The van der Waals surface area contributed by atoms with Crippen molar-refractivity contribution in [2.24, 2.45) is 0 Å². The fraction of sp³-hybridized carbons (Fsp3) is 0.143. The van der Waals surface area contributed by atoms with Gasteiger partial charge in [0.05, 0.1) is 0 Å². The average Bonchev–Trinajstić information content (AvgIpc) is 2.28. The van der Waals surface area contributed by atoms with Gasteiger partial charge in [-0.05, 0) is 30.2 Å². The molecule has 0 saturated heterocycles. The van der Waals surface area contributed by atoms with Crippen LogP contribution in [0.25, 0.3) is 0 Å². The van der Waals surface area contributed by atoms with Gasteiger partial charge in [0, 0.05) is 6.07 Å². The van der Waals surface area contributed by atoms with Crippen LogP contribution in [-0.2, 0) is 6.61 Å². The fourth-order valence-electron chi connectivity index (χ4n) is 1.51. The van der Waals surface area contributed by atoms with Crippen molar-refractivity contribution in [1.82, 2.24) is 0 Å². The number of benzene rings is 2. The molecule has 0 saturated carbocycles. The van der Waals surface area contributed by atoms with Crippen molar-refractivity contribution in [3.63, 3.8) is 0 Å². The third kappa shape index (κ3) is 2.54. The van der Waals surface area contributed by atoms with E-state index in [0.717, 1.165) is 5.56 Å². The Bertz CT molecular complexity index is 478. The van der Waals surface area contributed by atoms with Crippen molar-refractivity contribution in [3.8, 4) is 11.5 Å². The Morgan fingerprint density at radius 2 is 1.88 bits per heavy atom. The molecule has 2 aromatic rings. The van der Waals surface area contributed by atoms with Gasteiger partial charge in [0.2, 0.25) is 0 Å². The summed E-state index contributed by atoms with van der Waals surface area (Å²) in [4.78, 5) is 0. The number of phenols is 1. The Morgan fingerprint density at radius 3 is 2.62 bits per heavy atom. The average molecular weight is 214 g/mol. The van der Waals surface area contributed by atoms with Gasteiger partial charge in [0.1, 0.15) is 18.1 Å². The summed E-state index contributed by atoms with van der Waals surface area (Å²) < 4.78 is 5.59. The van der Waals surface area contributed by atoms with Gasteiger partial charge in [0.15, 0.2) is 0 Å². The molecule has 2 aromatic carbocycles. The van der Waals surface area contributed by atoms with Crippen LogP contribution < -0.4 is 4.74 Å². The van der Waals surface area contributed by atoms with E-state index in [9.17, 15) is 5.11 Å². The zero-order valence-electron chi connectivity index (χ0n) is 9.18. The first-order valence-corrected chi connectivity index (χ1v) is 5.22. The largest absolute Gasteiger partial charge is 0.508 e. The Kier molecular flexibility index (Phi) is 3.10. The minimum Gasteiger partial charge on any atom is -0.508 e. The van der Waals surface area contributed by atoms with Gasteiger partial charge in [-0.1, -0.05) is 30.3 Å². The fourth-order valence-corrected chi connectivity index (χ4v) is 1.51. The highest BCUT2D eigenvalue weighted by molar-refractivity contribution is 5.32. The molecule has 0 spiro atoms. The zero-order valence-corrected chi connectivity index (χ0v) is 9.18. The van der Waals surface area contributed by atoms with Crippen LogP contribution in [0.3, 0.4) is 0 Å². The standard InChI is InChI=1S/C14H14O2/c1-11-5-2-3-6-12(11)10-16-14-8-4-7-13(15)9-14/h2-9,15H,10H2,1H3. The number of rotatable bonds is 3. The number of hydrogen-bond acceptors (Lipinski definition) is 2. The molecular formula is C14H14O2. The van der Waals surface area contributed by atoms with Crippen LogP contribution in [0.4, 0.5) is 0 Å². The lowest BCUT2D eigenvalue weighted by Gasteiger charge is -2.08. The van der Waals surface area contributed by atoms with Crippen molar-refractivity contribution >= 4 is 0 Å². The van der Waals surface area contributed by atoms with Crippen LogP contribution in [0.1, 0.15) is 11.1 Å². The molecule has 0 aliphatic rings. The van der Waals surface area contributed by atoms with Crippen molar-refractivity contribution in [2.75, 3.05) is 0 Å². The molecule has 0 atom stereocenters. The molecule has 0 bridgehead atoms. The molecule has 0 heterocycles. The molecule has 0 fully saturated rings. The summed E-state index contributed by atoms with van der Waals surface area (Å²) in [6, 6.07) is 14.9. The minimum atomic E-state index is 0.224. The number of aromatic hydroxyl groups is 1. The second-order valence-corrected chi connectivity index (χ2v) is 3.71. The zero-order chi connectivity index (χ0) is 11.4. The smallest absolute Gasteiger partial charge is 0.123 e. The van der Waals surface area contributed by atoms with Crippen LogP contribution in [0, 0.1) is 6.92 Å². The summed E-state index contributed by atoms with van der Waals surface area (Å²) in [7, 11) is 0. The van der Waals surface area contributed by atoms with Gasteiger partial charge in [-0.3, -0.25) is 0 Å². The maximum absolute atomic E-state index is 9.28. The van der Waals surface area contributed by atoms with Gasteiger partial charge >= 0.3 is 0 Å². The topological polar surface area (TPSA) is 29.5 Å². The number of phenolic OH excluding ortho intramolecular Hbond substituents is 1. The molecule has 0 aliphatic carbocycles. The van der Waals surface area contributed by atoms with Crippen molar-refractivity contribution in [2.45, 2.75) is 13.5 Å². The second-order valence-electron chi connectivity index (χ2n) is 3.71. The van der Waals surface area contributed by atoms with Gasteiger partial charge in [0.25, 0.3) is 0 Å². The molecule has 2 heteroatoms. The second kappa shape index (κ2) is 4.71. The quantitative estimate of drug-likeness (QED) is 0.849. The lowest BCUT2D eigenvalue weighted by atomic mass is 10.1. The predicted octanol–water partition coefficient (Wildman–Crippen LogP) is 3.28. The van der Waals surface area contributed by atoms with E-state index < -0.39 is 0 Å². The first-order valence-electron chi connectivity index (χ1n) is 5.22. The highest BCUT2D eigenvalue weighted by Crippen LogP contribution is 2.19. The molecule has 0 radical (unpaired) electrons. The van der Waals surface area contributed by atoms with E-state index in [1.165, 1.54) is 5.56 Å². The minimum absolute atomic E-state index is 0.224. The Hall–Kier alpha value is -1.96. The van der Waals surface area contributed by atoms with E-state index in [2.05, 4.69) is 13.0 Å². The third-order valence-corrected chi connectivity index (χ3v) is 2.47. The highest BCUT2D eigenvalue weighted by atomic mass is 16.5. The van der Waals surface area contributed by atoms with Gasteiger partial charge < -0.3 is 9.84 Å². The van der Waals surface area contributed by atoms with Gasteiger partial charge in [-0.2, -0.15) is 0 Å². The van der Waals surface area contributed by atoms with Crippen molar-refractivity contribution in [1.29, 1.82) is 0 Å². The molecule has 0 aromatic heterocycles. The molecule has 0 amide bonds. The van der Waals surface area contributed by atoms with Gasteiger partial charge in [-0.25, -0.2) is 0 Å². The van der Waals surface area contributed by atoms with E-state index in [0.29, 0.717) is 12.4 Å². The predicted molar refractivity (Wildman–Crippen MR) is 63.6 cm³/mol. The summed E-state index contributed by atoms with van der Waals surface area (Å²) in [5, 5.41) is 9.28. The highest BCUT2D eigenvalue weighted by Gasteiger charge is 1.99. The lowest BCUT2D eigenvalue weighted by molar-refractivity contribution is 0.303. The first-order chi connectivity index (χ1) is 7.75. The Morgan fingerprint density at radius 1 is 1.06 bits per heavy atom. The summed E-state index contributed by atoms with van der Waals surface area (Å²) in [5.74, 6) is 0.908. The van der Waals surface area contributed by atoms with Crippen LogP contribution in [0.5, 0.6) is 11.5 Å². The molecule has 0 aliphatic heterocycles. The third-order valence-electron chi connectivity index (χ3n) is 2.47. The Labute approximate surface area is 95.1 Å². The van der Waals surface area contributed by atoms with Crippen LogP contribution in [0.2, 0.25) is 0 Å². The van der Waals surface area contributed by atoms with E-state index in [-0.39, 0.29) is 5.75 Å². The molecule has 0 unspecified atom stereocenters. The van der Waals surface area contributed by atoms with Gasteiger partial charge in [-0.15, -0.1) is 0 Å². The molecular weight excluding hydrogens is 200 g/mol. The summed E-state index contributed by atoms with van der Waals surface area (Å²) in [5.41, 5.74) is 2.37. The van der Waals surface area contributed by atoms with E-state index in [1.54, 1.807) is 18.2 Å². The summed E-state index contributed by atoms with van der Waals surface area (Å²) >= 11 is 0. The number of ether oxygens (including phenoxy) is 1. The molecule has 1 N–H and O–H groups in total. The van der Waals surface area contributed by atoms with E-state index >= 15 is 0 Å². The summed E-state index contributed by atoms with van der Waals surface area (Å²) in [6.45, 7) is 2.58. The number of hydrogen-bond donors (Lipinski definition) is 1. The number of aryl methyl sites for hydroxylation is 1. The lowest BCUT2D eigenvalue weighted by Crippen LogP contribution is -1.97. The SMILES string of the molecule is Cc1ccccc1COc1cccc(O)c1. The van der Waals surface area contributed by atoms with Crippen molar-refractivity contribution < 1.29 is 9.84 Å². The molecule has 2 nitrogen and oxygen atoms in total. The Balaban J connectivity index is 2.05. The maximum Gasteiger partial charge on any atom is 0.123 e. The first kappa shape index (κ1) is 10.6. The van der Waals surface area contributed by atoms with E-state index in [4.69, 9.17) is 4.74 Å². The van der Waals surface area contributed by atoms with Crippen LogP contribution in [0.15, 0.2) is 48.5 Å².